The molecule has 0 bridgehead atoms. The van der Waals surface area contributed by atoms with Crippen LogP contribution in [0.1, 0.15) is 24.9 Å². The van der Waals surface area contributed by atoms with Gasteiger partial charge in [0.1, 0.15) is 0 Å². The average Bonchev–Trinajstić information content (AvgIpc) is 2.29. The molecule has 0 saturated heterocycles. The van der Waals surface area contributed by atoms with Crippen LogP contribution in [0, 0.1) is 11.7 Å². The Bertz CT molecular complexity index is 357. The minimum absolute atomic E-state index is 0.180. The van der Waals surface area contributed by atoms with Crippen molar-refractivity contribution in [3.05, 3.63) is 29.6 Å². The van der Waals surface area contributed by atoms with Gasteiger partial charge in [-0.1, -0.05) is 13.0 Å². The molecule has 0 aliphatic carbocycles. The molecule has 0 heterocycles. The molecule has 0 aliphatic heterocycles. The van der Waals surface area contributed by atoms with E-state index < -0.39 is 0 Å². The second-order valence-electron chi connectivity index (χ2n) is 4.30. The first-order valence-corrected chi connectivity index (χ1v) is 5.66. The molecule has 0 radical (unpaired) electrons. The van der Waals surface area contributed by atoms with Gasteiger partial charge < -0.3 is 15.2 Å². The Morgan fingerprint density at radius 3 is 2.59 bits per heavy atom. The van der Waals surface area contributed by atoms with Gasteiger partial charge in [0.2, 0.25) is 0 Å². The lowest BCUT2D eigenvalue weighted by atomic mass is 9.97. The molecule has 0 aromatic heterocycles. The number of ether oxygens (including phenoxy) is 2. The molecule has 96 valence electrons. The molecule has 1 aromatic rings. The highest BCUT2D eigenvalue weighted by atomic mass is 19.1. The molecule has 4 heteroatoms. The minimum Gasteiger partial charge on any atom is -0.494 e. The molecule has 0 aliphatic rings. The van der Waals surface area contributed by atoms with Crippen molar-refractivity contribution in [3.8, 4) is 5.75 Å². The first-order valence-electron chi connectivity index (χ1n) is 5.66. The molecule has 2 unspecified atom stereocenters. The van der Waals surface area contributed by atoms with Gasteiger partial charge in [0.15, 0.2) is 11.6 Å². The van der Waals surface area contributed by atoms with Crippen LogP contribution in [-0.4, -0.2) is 20.8 Å². The van der Waals surface area contributed by atoms with Crippen LogP contribution in [0.25, 0.3) is 0 Å². The van der Waals surface area contributed by atoms with Gasteiger partial charge in [-0.2, -0.15) is 0 Å². The van der Waals surface area contributed by atoms with Gasteiger partial charge in [0.05, 0.1) is 7.11 Å². The summed E-state index contributed by atoms with van der Waals surface area (Å²) >= 11 is 0. The molecule has 1 aromatic carbocycles. The molecule has 3 nitrogen and oxygen atoms in total. The van der Waals surface area contributed by atoms with Crippen molar-refractivity contribution in [2.45, 2.75) is 19.4 Å². The maximum absolute atomic E-state index is 13.5. The van der Waals surface area contributed by atoms with Crippen LogP contribution in [0.4, 0.5) is 4.39 Å². The summed E-state index contributed by atoms with van der Waals surface area (Å²) in [6.07, 6.45) is 0.764. The molecule has 0 amide bonds. The summed E-state index contributed by atoms with van der Waals surface area (Å²) in [5, 5.41) is 0. The van der Waals surface area contributed by atoms with Gasteiger partial charge in [0, 0.05) is 19.8 Å². The fourth-order valence-electron chi connectivity index (χ4n) is 1.84. The third kappa shape index (κ3) is 3.98. The van der Waals surface area contributed by atoms with Gasteiger partial charge >= 0.3 is 0 Å². The van der Waals surface area contributed by atoms with E-state index in [1.165, 1.54) is 13.2 Å². The maximum Gasteiger partial charge on any atom is 0.165 e. The van der Waals surface area contributed by atoms with Crippen LogP contribution in [0.3, 0.4) is 0 Å². The van der Waals surface area contributed by atoms with Crippen molar-refractivity contribution >= 4 is 0 Å². The summed E-state index contributed by atoms with van der Waals surface area (Å²) in [5.41, 5.74) is 6.81. The van der Waals surface area contributed by atoms with Crippen LogP contribution < -0.4 is 10.5 Å². The highest BCUT2D eigenvalue weighted by Gasteiger charge is 2.13. The number of rotatable bonds is 6. The Kier molecular flexibility index (Phi) is 5.38. The lowest BCUT2D eigenvalue weighted by Gasteiger charge is -2.17. The molecule has 2 atom stereocenters. The van der Waals surface area contributed by atoms with E-state index in [0.29, 0.717) is 12.5 Å². The summed E-state index contributed by atoms with van der Waals surface area (Å²) in [4.78, 5) is 0. The average molecular weight is 241 g/mol. The van der Waals surface area contributed by atoms with Crippen molar-refractivity contribution in [3.63, 3.8) is 0 Å². The van der Waals surface area contributed by atoms with Crippen LogP contribution in [-0.2, 0) is 4.74 Å². The van der Waals surface area contributed by atoms with Crippen molar-refractivity contribution in [1.29, 1.82) is 0 Å². The lowest BCUT2D eigenvalue weighted by molar-refractivity contribution is 0.152. The van der Waals surface area contributed by atoms with Crippen molar-refractivity contribution in [2.75, 3.05) is 20.8 Å². The van der Waals surface area contributed by atoms with E-state index in [-0.39, 0.29) is 17.6 Å². The normalized spacial score (nSPS) is 14.4. The molecule has 0 fully saturated rings. The number of hydrogen-bond donors (Lipinski definition) is 1. The zero-order valence-corrected chi connectivity index (χ0v) is 10.6. The zero-order chi connectivity index (χ0) is 12.8. The Morgan fingerprint density at radius 1 is 1.35 bits per heavy atom. The molecule has 17 heavy (non-hydrogen) atoms. The molecular weight excluding hydrogens is 221 g/mol. The molecule has 0 spiro atoms. The van der Waals surface area contributed by atoms with E-state index in [2.05, 4.69) is 6.92 Å². The van der Waals surface area contributed by atoms with E-state index in [0.717, 1.165) is 12.0 Å². The zero-order valence-electron chi connectivity index (χ0n) is 10.6. The number of nitrogens with two attached hydrogens (primary N) is 1. The highest BCUT2D eigenvalue weighted by Crippen LogP contribution is 2.24. The highest BCUT2D eigenvalue weighted by molar-refractivity contribution is 5.30. The third-order valence-electron chi connectivity index (χ3n) is 2.71. The first-order chi connectivity index (χ1) is 8.08. The van der Waals surface area contributed by atoms with E-state index in [1.807, 2.05) is 0 Å². The fraction of sp³-hybridized carbons (Fsp3) is 0.538. The Labute approximate surface area is 102 Å². The quantitative estimate of drug-likeness (QED) is 0.832. The number of hydrogen-bond acceptors (Lipinski definition) is 3. The number of benzene rings is 1. The van der Waals surface area contributed by atoms with Gasteiger partial charge in [0.25, 0.3) is 0 Å². The Morgan fingerprint density at radius 2 is 2.06 bits per heavy atom. The molecule has 2 N–H and O–H groups in total. The predicted molar refractivity (Wildman–Crippen MR) is 65.5 cm³/mol. The van der Waals surface area contributed by atoms with Crippen LogP contribution >= 0.6 is 0 Å². The van der Waals surface area contributed by atoms with E-state index in [4.69, 9.17) is 15.2 Å². The first kappa shape index (κ1) is 13.9. The molecule has 0 saturated carbocycles. The molecule has 1 rings (SSSR count). The third-order valence-corrected chi connectivity index (χ3v) is 2.71. The maximum atomic E-state index is 13.5. The van der Waals surface area contributed by atoms with Gasteiger partial charge in [-0.15, -0.1) is 0 Å². The second kappa shape index (κ2) is 6.57. The van der Waals surface area contributed by atoms with Crippen molar-refractivity contribution in [1.82, 2.24) is 0 Å². The molecular formula is C13H20FNO2. The second-order valence-corrected chi connectivity index (χ2v) is 4.30. The van der Waals surface area contributed by atoms with Crippen LogP contribution in [0.15, 0.2) is 18.2 Å². The van der Waals surface area contributed by atoms with Crippen molar-refractivity contribution in [2.24, 2.45) is 11.7 Å². The Balaban J connectivity index is 2.69. The van der Waals surface area contributed by atoms with E-state index in [9.17, 15) is 4.39 Å². The Hall–Kier alpha value is -1.13. The predicted octanol–water partition coefficient (Wildman–Crippen LogP) is 2.51. The van der Waals surface area contributed by atoms with Crippen molar-refractivity contribution < 1.29 is 13.9 Å². The van der Waals surface area contributed by atoms with E-state index >= 15 is 0 Å². The topological polar surface area (TPSA) is 44.5 Å². The number of halogens is 1. The smallest absolute Gasteiger partial charge is 0.165 e. The van der Waals surface area contributed by atoms with Crippen LogP contribution in [0.5, 0.6) is 5.75 Å². The summed E-state index contributed by atoms with van der Waals surface area (Å²) in [7, 11) is 3.10. The fourth-order valence-corrected chi connectivity index (χ4v) is 1.84. The summed E-state index contributed by atoms with van der Waals surface area (Å²) in [5.74, 6) is 0.214. The summed E-state index contributed by atoms with van der Waals surface area (Å²) in [6.45, 7) is 2.72. The SMILES string of the molecule is COCC(C)CC(N)c1ccc(OC)c(F)c1. The van der Waals surface area contributed by atoms with E-state index in [1.54, 1.807) is 19.2 Å². The summed E-state index contributed by atoms with van der Waals surface area (Å²) < 4.78 is 23.4. The number of methoxy groups -OCH3 is 2. The summed E-state index contributed by atoms with van der Waals surface area (Å²) in [6, 6.07) is 4.65. The monoisotopic (exact) mass is 241 g/mol. The van der Waals surface area contributed by atoms with Gasteiger partial charge in [-0.25, -0.2) is 4.39 Å². The largest absolute Gasteiger partial charge is 0.494 e. The van der Waals surface area contributed by atoms with Gasteiger partial charge in [-0.3, -0.25) is 0 Å². The van der Waals surface area contributed by atoms with Crippen LogP contribution in [0.2, 0.25) is 0 Å². The standard InChI is InChI=1S/C13H20FNO2/c1-9(8-16-2)6-12(15)10-4-5-13(17-3)11(14)7-10/h4-5,7,9,12H,6,8,15H2,1-3H3. The lowest BCUT2D eigenvalue weighted by Crippen LogP contribution is -2.16. The minimum atomic E-state index is -0.375. The van der Waals surface area contributed by atoms with Gasteiger partial charge in [-0.05, 0) is 30.0 Å².